The SMILES string of the molecule is Cc1ccc(-n2nc(C(=O)NCCCCN)c3c2CCC3)cc1.Cl. The van der Waals surface area contributed by atoms with Crippen LogP contribution in [0.4, 0.5) is 0 Å². The Morgan fingerprint density at radius 1 is 1.25 bits per heavy atom. The van der Waals surface area contributed by atoms with Crippen LogP contribution in [0.5, 0.6) is 0 Å². The first-order valence-electron chi connectivity index (χ1n) is 8.37. The van der Waals surface area contributed by atoms with Crippen LogP contribution in [-0.4, -0.2) is 28.8 Å². The molecule has 5 nitrogen and oxygen atoms in total. The lowest BCUT2D eigenvalue weighted by molar-refractivity contribution is 0.0946. The van der Waals surface area contributed by atoms with Crippen LogP contribution in [0.25, 0.3) is 5.69 Å². The Hall–Kier alpha value is -1.85. The molecule has 1 aliphatic rings. The summed E-state index contributed by atoms with van der Waals surface area (Å²) in [5.41, 5.74) is 10.6. The molecule has 2 aromatic rings. The monoisotopic (exact) mass is 348 g/mol. The van der Waals surface area contributed by atoms with Gasteiger partial charge >= 0.3 is 0 Å². The second kappa shape index (κ2) is 8.31. The second-order valence-electron chi connectivity index (χ2n) is 6.13. The number of nitrogens with two attached hydrogens (primary N) is 1. The highest BCUT2D eigenvalue weighted by atomic mass is 35.5. The molecular weight excluding hydrogens is 324 g/mol. The Labute approximate surface area is 149 Å². The normalized spacial score (nSPS) is 12.6. The first kappa shape index (κ1) is 18.5. The number of nitrogens with zero attached hydrogens (tertiary/aromatic N) is 2. The van der Waals surface area contributed by atoms with Gasteiger partial charge in [-0.2, -0.15) is 5.10 Å². The Bertz CT molecular complexity index is 694. The Morgan fingerprint density at radius 2 is 2.00 bits per heavy atom. The number of rotatable bonds is 6. The van der Waals surface area contributed by atoms with Crippen molar-refractivity contribution in [2.75, 3.05) is 13.1 Å². The van der Waals surface area contributed by atoms with E-state index < -0.39 is 0 Å². The third-order valence-corrected chi connectivity index (χ3v) is 4.34. The number of halogens is 1. The third kappa shape index (κ3) is 3.79. The molecule has 0 saturated carbocycles. The van der Waals surface area contributed by atoms with E-state index in [1.54, 1.807) is 0 Å². The van der Waals surface area contributed by atoms with E-state index in [2.05, 4.69) is 41.6 Å². The van der Waals surface area contributed by atoms with Crippen LogP contribution in [0.2, 0.25) is 0 Å². The highest BCUT2D eigenvalue weighted by Crippen LogP contribution is 2.27. The highest BCUT2D eigenvalue weighted by molar-refractivity contribution is 5.94. The van der Waals surface area contributed by atoms with E-state index in [1.165, 1.54) is 11.3 Å². The van der Waals surface area contributed by atoms with E-state index in [4.69, 9.17) is 5.73 Å². The van der Waals surface area contributed by atoms with Gasteiger partial charge in [-0.3, -0.25) is 4.79 Å². The van der Waals surface area contributed by atoms with Crippen molar-refractivity contribution in [3.63, 3.8) is 0 Å². The zero-order valence-electron chi connectivity index (χ0n) is 14.0. The molecule has 130 valence electrons. The van der Waals surface area contributed by atoms with E-state index >= 15 is 0 Å². The highest BCUT2D eigenvalue weighted by Gasteiger charge is 2.26. The summed E-state index contributed by atoms with van der Waals surface area (Å²) in [6, 6.07) is 8.27. The molecule has 1 aromatic carbocycles. The lowest BCUT2D eigenvalue weighted by Crippen LogP contribution is -2.26. The molecule has 3 rings (SSSR count). The molecular formula is C18H25ClN4O. The Balaban J connectivity index is 0.00000208. The Kier molecular flexibility index (Phi) is 6.40. The average molecular weight is 349 g/mol. The fraction of sp³-hybridized carbons (Fsp3) is 0.444. The number of carbonyl (C=O) groups is 1. The third-order valence-electron chi connectivity index (χ3n) is 4.34. The van der Waals surface area contributed by atoms with Crippen LogP contribution in [0, 0.1) is 6.92 Å². The van der Waals surface area contributed by atoms with Crippen molar-refractivity contribution >= 4 is 18.3 Å². The number of unbranched alkanes of at least 4 members (excludes halogenated alkanes) is 1. The van der Waals surface area contributed by atoms with Gasteiger partial charge in [-0.25, -0.2) is 4.68 Å². The predicted molar refractivity (Wildman–Crippen MR) is 98.2 cm³/mol. The van der Waals surface area contributed by atoms with Crippen LogP contribution >= 0.6 is 12.4 Å². The molecule has 1 amide bonds. The molecule has 0 atom stereocenters. The fourth-order valence-electron chi connectivity index (χ4n) is 3.07. The van der Waals surface area contributed by atoms with Crippen molar-refractivity contribution in [3.8, 4) is 5.69 Å². The summed E-state index contributed by atoms with van der Waals surface area (Å²) in [7, 11) is 0. The number of hydrogen-bond acceptors (Lipinski definition) is 3. The quantitative estimate of drug-likeness (QED) is 0.788. The summed E-state index contributed by atoms with van der Waals surface area (Å²) in [5.74, 6) is -0.0639. The molecule has 0 bridgehead atoms. The first-order valence-corrected chi connectivity index (χ1v) is 8.37. The van der Waals surface area contributed by atoms with Crippen LogP contribution in [0.15, 0.2) is 24.3 Å². The van der Waals surface area contributed by atoms with Gasteiger partial charge in [0.05, 0.1) is 5.69 Å². The van der Waals surface area contributed by atoms with Gasteiger partial charge in [0, 0.05) is 17.8 Å². The molecule has 0 radical (unpaired) electrons. The summed E-state index contributed by atoms with van der Waals surface area (Å²) in [4.78, 5) is 12.4. The molecule has 0 saturated heterocycles. The second-order valence-corrected chi connectivity index (χ2v) is 6.13. The van der Waals surface area contributed by atoms with Gasteiger partial charge in [-0.15, -0.1) is 12.4 Å². The molecule has 0 spiro atoms. The topological polar surface area (TPSA) is 72.9 Å². The van der Waals surface area contributed by atoms with Gasteiger partial charge in [0.2, 0.25) is 0 Å². The molecule has 24 heavy (non-hydrogen) atoms. The molecule has 1 aliphatic carbocycles. The van der Waals surface area contributed by atoms with Crippen molar-refractivity contribution < 1.29 is 4.79 Å². The molecule has 0 fully saturated rings. The van der Waals surface area contributed by atoms with Crippen molar-refractivity contribution in [2.45, 2.75) is 39.0 Å². The molecule has 6 heteroatoms. The fourth-order valence-corrected chi connectivity index (χ4v) is 3.07. The van der Waals surface area contributed by atoms with Crippen LogP contribution in [0.3, 0.4) is 0 Å². The molecule has 0 aliphatic heterocycles. The summed E-state index contributed by atoms with van der Waals surface area (Å²) >= 11 is 0. The number of benzene rings is 1. The minimum absolute atomic E-state index is 0. The average Bonchev–Trinajstić information content (AvgIpc) is 3.14. The van der Waals surface area contributed by atoms with E-state index in [-0.39, 0.29) is 18.3 Å². The van der Waals surface area contributed by atoms with E-state index in [0.29, 0.717) is 18.8 Å². The summed E-state index contributed by atoms with van der Waals surface area (Å²) in [6.45, 7) is 3.38. The smallest absolute Gasteiger partial charge is 0.272 e. The minimum Gasteiger partial charge on any atom is -0.351 e. The first-order chi connectivity index (χ1) is 11.2. The molecule has 0 unspecified atom stereocenters. The standard InChI is InChI=1S/C18H24N4O.ClH/c1-13-7-9-14(10-8-13)22-16-6-4-5-15(16)17(21-22)18(23)20-12-3-2-11-19;/h7-10H,2-6,11-12,19H2,1H3,(H,20,23);1H. The zero-order valence-corrected chi connectivity index (χ0v) is 14.9. The summed E-state index contributed by atoms with van der Waals surface area (Å²) in [5, 5.41) is 7.58. The number of amides is 1. The number of aryl methyl sites for hydroxylation is 1. The van der Waals surface area contributed by atoms with Crippen LogP contribution < -0.4 is 11.1 Å². The maximum Gasteiger partial charge on any atom is 0.272 e. The van der Waals surface area contributed by atoms with E-state index in [9.17, 15) is 4.79 Å². The van der Waals surface area contributed by atoms with E-state index in [1.807, 2.05) is 4.68 Å². The maximum absolute atomic E-state index is 12.4. The number of fused-ring (bicyclic) bond motifs is 1. The van der Waals surface area contributed by atoms with Crippen LogP contribution in [-0.2, 0) is 12.8 Å². The van der Waals surface area contributed by atoms with Gasteiger partial charge < -0.3 is 11.1 Å². The van der Waals surface area contributed by atoms with Gasteiger partial charge in [0.25, 0.3) is 5.91 Å². The number of nitrogens with one attached hydrogen (secondary N) is 1. The van der Waals surface area contributed by atoms with Gasteiger partial charge in [-0.1, -0.05) is 17.7 Å². The summed E-state index contributed by atoms with van der Waals surface area (Å²) < 4.78 is 1.94. The number of hydrogen-bond donors (Lipinski definition) is 2. The maximum atomic E-state index is 12.4. The zero-order chi connectivity index (χ0) is 16.2. The Morgan fingerprint density at radius 3 is 2.71 bits per heavy atom. The van der Waals surface area contributed by atoms with Crippen molar-refractivity contribution in [2.24, 2.45) is 5.73 Å². The predicted octanol–water partition coefficient (Wildman–Crippen LogP) is 2.56. The number of aromatic nitrogens is 2. The largest absolute Gasteiger partial charge is 0.351 e. The molecule has 3 N–H and O–H groups in total. The van der Waals surface area contributed by atoms with Crippen LogP contribution in [0.1, 0.15) is 46.6 Å². The van der Waals surface area contributed by atoms with Gasteiger partial charge in [0.15, 0.2) is 5.69 Å². The van der Waals surface area contributed by atoms with Gasteiger partial charge in [0.1, 0.15) is 0 Å². The molecule has 1 heterocycles. The number of carbonyl (C=O) groups excluding carboxylic acids is 1. The van der Waals surface area contributed by atoms with Crippen molar-refractivity contribution in [3.05, 3.63) is 46.8 Å². The van der Waals surface area contributed by atoms with Gasteiger partial charge in [-0.05, 0) is 57.7 Å². The van der Waals surface area contributed by atoms with E-state index in [0.717, 1.165) is 43.4 Å². The lowest BCUT2D eigenvalue weighted by Gasteiger charge is -2.06. The van der Waals surface area contributed by atoms with Crippen molar-refractivity contribution in [1.82, 2.24) is 15.1 Å². The summed E-state index contributed by atoms with van der Waals surface area (Å²) in [6.07, 6.45) is 4.84. The molecule has 1 aromatic heterocycles. The minimum atomic E-state index is -0.0639. The van der Waals surface area contributed by atoms with Crippen molar-refractivity contribution in [1.29, 1.82) is 0 Å². The lowest BCUT2D eigenvalue weighted by atomic mass is 10.2.